The van der Waals surface area contributed by atoms with Gasteiger partial charge >= 0.3 is 0 Å². The lowest BCUT2D eigenvalue weighted by Gasteiger charge is -2.39. The summed E-state index contributed by atoms with van der Waals surface area (Å²) < 4.78 is 0. The fraction of sp³-hybridized carbons (Fsp3) is 0.611. The lowest BCUT2D eigenvalue weighted by Crippen LogP contribution is -2.44. The number of likely N-dealkylation sites (tertiary alicyclic amines) is 1. The van der Waals surface area contributed by atoms with Crippen molar-refractivity contribution in [3.8, 4) is 0 Å². The third kappa shape index (κ3) is 3.32. The Kier molecular flexibility index (Phi) is 4.66. The number of hydrogen-bond donors (Lipinski definition) is 0. The van der Waals surface area contributed by atoms with Crippen molar-refractivity contribution in [2.75, 3.05) is 6.54 Å². The van der Waals surface area contributed by atoms with Gasteiger partial charge in [0.05, 0.1) is 0 Å². The number of nitrogens with zero attached hydrogens (tertiary/aromatic N) is 1. The number of carbonyl (C=O) groups excluding carboxylic acids is 1. The number of halogens is 1. The van der Waals surface area contributed by atoms with E-state index >= 15 is 0 Å². The zero-order chi connectivity index (χ0) is 14.8. The Hall–Kier alpha value is -0.860. The highest BCUT2D eigenvalue weighted by atomic mass is 35.5. The fourth-order valence-corrected chi connectivity index (χ4v) is 4.21. The second-order valence-corrected chi connectivity index (χ2v) is 7.00. The average Bonchev–Trinajstić information content (AvgIpc) is 2.89. The lowest BCUT2D eigenvalue weighted by atomic mass is 9.88. The smallest absolute Gasteiger partial charge is 0.137 e. The molecule has 0 aromatic heterocycles. The van der Waals surface area contributed by atoms with E-state index in [4.69, 9.17) is 11.6 Å². The number of hydrogen-bond acceptors (Lipinski definition) is 2. The third-order valence-electron chi connectivity index (χ3n) is 5.06. The van der Waals surface area contributed by atoms with Crippen LogP contribution in [0.25, 0.3) is 0 Å². The van der Waals surface area contributed by atoms with Gasteiger partial charge in [-0.2, -0.15) is 0 Å². The van der Waals surface area contributed by atoms with E-state index in [0.717, 1.165) is 37.4 Å². The van der Waals surface area contributed by atoms with Gasteiger partial charge < -0.3 is 0 Å². The Labute approximate surface area is 132 Å². The summed E-state index contributed by atoms with van der Waals surface area (Å²) in [4.78, 5) is 14.6. The predicted octanol–water partition coefficient (Wildman–Crippen LogP) is 4.37. The molecule has 1 aliphatic carbocycles. The topological polar surface area (TPSA) is 20.3 Å². The van der Waals surface area contributed by atoms with Gasteiger partial charge in [-0.15, -0.1) is 0 Å². The van der Waals surface area contributed by atoms with Gasteiger partial charge in [-0.1, -0.05) is 30.2 Å². The maximum absolute atomic E-state index is 12.1. The molecule has 3 heteroatoms. The summed E-state index contributed by atoms with van der Waals surface area (Å²) in [6.07, 6.45) is 6.62. The number of ketones is 1. The van der Waals surface area contributed by atoms with Crippen LogP contribution < -0.4 is 0 Å². The number of Topliss-reactive ketones (excluding diaryl/α,β-unsaturated/α-hetero) is 1. The van der Waals surface area contributed by atoms with Crippen molar-refractivity contribution < 1.29 is 4.79 Å². The molecule has 2 atom stereocenters. The van der Waals surface area contributed by atoms with E-state index in [1.165, 1.54) is 30.4 Å². The van der Waals surface area contributed by atoms with Gasteiger partial charge in [-0.25, -0.2) is 0 Å². The Bertz CT molecular complexity index is 528. The van der Waals surface area contributed by atoms with Crippen LogP contribution in [0, 0.1) is 12.8 Å². The maximum Gasteiger partial charge on any atom is 0.137 e. The van der Waals surface area contributed by atoms with Crippen LogP contribution in [0.2, 0.25) is 5.02 Å². The predicted molar refractivity (Wildman–Crippen MR) is 86.6 cm³/mol. The molecule has 1 aromatic rings. The number of piperidine rings is 1. The van der Waals surface area contributed by atoms with Crippen LogP contribution >= 0.6 is 11.6 Å². The zero-order valence-electron chi connectivity index (χ0n) is 12.8. The Morgan fingerprint density at radius 2 is 2.10 bits per heavy atom. The summed E-state index contributed by atoms with van der Waals surface area (Å²) in [6, 6.07) is 6.74. The van der Waals surface area contributed by atoms with Crippen molar-refractivity contribution in [1.29, 1.82) is 0 Å². The van der Waals surface area contributed by atoms with Crippen LogP contribution in [0.1, 0.15) is 49.7 Å². The average molecular weight is 306 g/mol. The summed E-state index contributed by atoms with van der Waals surface area (Å²) in [6.45, 7) is 4.04. The van der Waals surface area contributed by atoms with Crippen LogP contribution in [0.5, 0.6) is 0 Å². The molecule has 1 aliphatic heterocycles. The molecule has 2 unspecified atom stereocenters. The summed E-state index contributed by atoms with van der Waals surface area (Å²) in [5, 5.41) is 0.858. The molecule has 21 heavy (non-hydrogen) atoms. The Balaban J connectivity index is 1.76. The standard InChI is InChI=1S/C18H24ClNO/c1-13-8-9-14(16(19)11-13)12-20-10-3-2-6-17(20)15-5-4-7-18(15)21/h8-9,11,15,17H,2-7,10,12H2,1H3. The molecule has 0 amide bonds. The number of carbonyl (C=O) groups is 1. The molecule has 0 spiro atoms. The highest BCUT2D eigenvalue weighted by Gasteiger charge is 2.36. The van der Waals surface area contributed by atoms with E-state index in [-0.39, 0.29) is 5.92 Å². The summed E-state index contributed by atoms with van der Waals surface area (Å²) in [5.41, 5.74) is 2.39. The Morgan fingerprint density at radius 3 is 2.81 bits per heavy atom. The van der Waals surface area contributed by atoms with Crippen molar-refractivity contribution >= 4 is 17.4 Å². The molecular weight excluding hydrogens is 282 g/mol. The molecule has 1 heterocycles. The number of benzene rings is 1. The van der Waals surface area contributed by atoms with Gasteiger partial charge in [0, 0.05) is 29.9 Å². The van der Waals surface area contributed by atoms with E-state index in [9.17, 15) is 4.79 Å². The van der Waals surface area contributed by atoms with Gasteiger partial charge in [-0.05, 0) is 56.3 Å². The monoisotopic (exact) mass is 305 g/mol. The molecule has 2 nitrogen and oxygen atoms in total. The minimum absolute atomic E-state index is 0.273. The molecule has 1 saturated heterocycles. The van der Waals surface area contributed by atoms with Crippen molar-refractivity contribution in [3.05, 3.63) is 34.3 Å². The number of aryl methyl sites for hydroxylation is 1. The Morgan fingerprint density at radius 1 is 1.24 bits per heavy atom. The molecule has 114 valence electrons. The lowest BCUT2D eigenvalue weighted by molar-refractivity contribution is -0.123. The van der Waals surface area contributed by atoms with E-state index in [1.54, 1.807) is 0 Å². The van der Waals surface area contributed by atoms with E-state index in [0.29, 0.717) is 11.8 Å². The summed E-state index contributed by atoms with van der Waals surface area (Å²) >= 11 is 6.39. The second kappa shape index (κ2) is 6.50. The minimum Gasteiger partial charge on any atom is -0.299 e. The van der Waals surface area contributed by atoms with Crippen LogP contribution in [0.3, 0.4) is 0 Å². The van der Waals surface area contributed by atoms with Crippen molar-refractivity contribution in [2.24, 2.45) is 5.92 Å². The summed E-state index contributed by atoms with van der Waals surface area (Å²) in [7, 11) is 0. The molecule has 2 fully saturated rings. The van der Waals surface area contributed by atoms with Crippen LogP contribution in [0.4, 0.5) is 0 Å². The highest BCUT2D eigenvalue weighted by molar-refractivity contribution is 6.31. The first-order valence-electron chi connectivity index (χ1n) is 8.17. The highest BCUT2D eigenvalue weighted by Crippen LogP contribution is 2.34. The fourth-order valence-electron chi connectivity index (χ4n) is 3.92. The molecule has 0 radical (unpaired) electrons. The first-order valence-corrected chi connectivity index (χ1v) is 8.55. The zero-order valence-corrected chi connectivity index (χ0v) is 13.5. The maximum atomic E-state index is 12.1. The van der Waals surface area contributed by atoms with E-state index in [2.05, 4.69) is 24.0 Å². The molecule has 2 aliphatic rings. The van der Waals surface area contributed by atoms with Crippen molar-refractivity contribution in [1.82, 2.24) is 4.90 Å². The van der Waals surface area contributed by atoms with Gasteiger partial charge in [0.1, 0.15) is 5.78 Å². The second-order valence-electron chi connectivity index (χ2n) is 6.59. The van der Waals surface area contributed by atoms with Crippen molar-refractivity contribution in [3.63, 3.8) is 0 Å². The first-order chi connectivity index (χ1) is 10.1. The van der Waals surface area contributed by atoms with Crippen LogP contribution in [0.15, 0.2) is 18.2 Å². The molecule has 1 saturated carbocycles. The molecular formula is C18H24ClNO. The first kappa shape index (κ1) is 15.1. The molecule has 3 rings (SSSR count). The minimum atomic E-state index is 0.273. The molecule has 1 aromatic carbocycles. The molecule has 0 bridgehead atoms. The molecule has 0 N–H and O–H groups in total. The van der Waals surface area contributed by atoms with Gasteiger partial charge in [0.15, 0.2) is 0 Å². The van der Waals surface area contributed by atoms with Gasteiger partial charge in [-0.3, -0.25) is 9.69 Å². The van der Waals surface area contributed by atoms with E-state index < -0.39 is 0 Å². The van der Waals surface area contributed by atoms with E-state index in [1.807, 2.05) is 6.07 Å². The normalized spacial score (nSPS) is 27.2. The summed E-state index contributed by atoms with van der Waals surface area (Å²) in [5.74, 6) is 0.761. The largest absolute Gasteiger partial charge is 0.299 e. The van der Waals surface area contributed by atoms with Gasteiger partial charge in [0.2, 0.25) is 0 Å². The van der Waals surface area contributed by atoms with Crippen LogP contribution in [-0.4, -0.2) is 23.3 Å². The SMILES string of the molecule is Cc1ccc(CN2CCCCC2C2CCCC2=O)c(Cl)c1. The van der Waals surface area contributed by atoms with Gasteiger partial charge in [0.25, 0.3) is 0 Å². The quantitative estimate of drug-likeness (QED) is 0.826. The third-order valence-corrected chi connectivity index (χ3v) is 5.41. The van der Waals surface area contributed by atoms with Crippen molar-refractivity contribution in [2.45, 2.75) is 58.0 Å². The number of rotatable bonds is 3. The van der Waals surface area contributed by atoms with Crippen LogP contribution in [-0.2, 0) is 11.3 Å².